The predicted molar refractivity (Wildman–Crippen MR) is 119 cm³/mol. The van der Waals surface area contributed by atoms with Crippen molar-refractivity contribution in [1.29, 1.82) is 0 Å². The summed E-state index contributed by atoms with van der Waals surface area (Å²) < 4.78 is 0. The molecule has 3 aromatic rings. The minimum Gasteiger partial charge on any atom is -0.325 e. The molecule has 1 aliphatic rings. The minimum absolute atomic E-state index is 0.0735. The van der Waals surface area contributed by atoms with Gasteiger partial charge in [0.15, 0.2) is 0 Å². The number of para-hydroxylation sites is 1. The smallest absolute Gasteiger partial charge is 0.225 e. The first-order valence-corrected chi connectivity index (χ1v) is 11.6. The third-order valence-electron chi connectivity index (χ3n) is 5.19. The van der Waals surface area contributed by atoms with Gasteiger partial charge in [-0.25, -0.2) is 0 Å². The molecule has 2 aromatic carbocycles. The first-order valence-electron chi connectivity index (χ1n) is 9.54. The number of fused-ring (bicyclic) bond motifs is 1. The lowest BCUT2D eigenvalue weighted by molar-refractivity contribution is -0.116. The molecule has 4 rings (SSSR count). The fourth-order valence-corrected chi connectivity index (χ4v) is 5.30. The van der Waals surface area contributed by atoms with Crippen LogP contribution in [0.4, 0.5) is 5.69 Å². The molecule has 0 saturated heterocycles. The number of amides is 1. The molecule has 1 amide bonds. The van der Waals surface area contributed by atoms with Gasteiger partial charge in [0.25, 0.3) is 0 Å². The van der Waals surface area contributed by atoms with Gasteiger partial charge in [-0.05, 0) is 47.4 Å². The first-order chi connectivity index (χ1) is 13.8. The molecule has 0 fully saturated rings. The second-order valence-electron chi connectivity index (χ2n) is 6.90. The van der Waals surface area contributed by atoms with E-state index < -0.39 is 0 Å². The Morgan fingerprint density at radius 3 is 2.75 bits per heavy atom. The molecule has 2 heterocycles. The zero-order valence-corrected chi connectivity index (χ0v) is 17.6. The van der Waals surface area contributed by atoms with Crippen molar-refractivity contribution in [3.05, 3.63) is 82.0 Å². The van der Waals surface area contributed by atoms with Crippen LogP contribution >= 0.6 is 23.1 Å². The fourth-order valence-electron chi connectivity index (χ4n) is 3.84. The lowest BCUT2D eigenvalue weighted by atomic mass is 9.93. The summed E-state index contributed by atoms with van der Waals surface area (Å²) in [6.45, 7) is 1.74. The maximum atomic E-state index is 12.6. The molecule has 28 heavy (non-hydrogen) atoms. The number of hydrogen-bond donors (Lipinski definition) is 1. The predicted octanol–water partition coefficient (Wildman–Crippen LogP) is 5.45. The van der Waals surface area contributed by atoms with Crippen LogP contribution in [-0.2, 0) is 11.2 Å². The van der Waals surface area contributed by atoms with E-state index in [9.17, 15) is 4.79 Å². The molecule has 0 saturated carbocycles. The number of carbonyl (C=O) groups is 1. The summed E-state index contributed by atoms with van der Waals surface area (Å²) >= 11 is 3.50. The van der Waals surface area contributed by atoms with Gasteiger partial charge in [-0.3, -0.25) is 9.69 Å². The molecule has 1 unspecified atom stereocenters. The SMILES string of the molecule is CSc1ccccc1NC(=O)CCN1CCc2sccc2C1c1ccccc1. The summed E-state index contributed by atoms with van der Waals surface area (Å²) in [5.74, 6) is 0.0735. The number of anilines is 1. The molecule has 0 bridgehead atoms. The molecule has 3 nitrogen and oxygen atoms in total. The van der Waals surface area contributed by atoms with Crippen molar-refractivity contribution < 1.29 is 4.79 Å². The molecule has 1 atom stereocenters. The second-order valence-corrected chi connectivity index (χ2v) is 8.75. The Hall–Kier alpha value is -2.08. The third-order valence-corrected chi connectivity index (χ3v) is 6.98. The van der Waals surface area contributed by atoms with E-state index in [0.29, 0.717) is 6.42 Å². The highest BCUT2D eigenvalue weighted by Crippen LogP contribution is 2.37. The van der Waals surface area contributed by atoms with Crippen LogP contribution in [0.25, 0.3) is 0 Å². The molecule has 5 heteroatoms. The van der Waals surface area contributed by atoms with E-state index in [1.807, 2.05) is 41.9 Å². The average molecular weight is 409 g/mol. The topological polar surface area (TPSA) is 32.3 Å². The third kappa shape index (κ3) is 4.17. The summed E-state index contributed by atoms with van der Waals surface area (Å²) in [5.41, 5.74) is 3.60. The van der Waals surface area contributed by atoms with Crippen molar-refractivity contribution in [3.8, 4) is 0 Å². The Bertz CT molecular complexity index is 939. The van der Waals surface area contributed by atoms with Crippen molar-refractivity contribution in [1.82, 2.24) is 4.90 Å². The lowest BCUT2D eigenvalue weighted by Gasteiger charge is -2.36. The van der Waals surface area contributed by atoms with Gasteiger partial charge in [0.1, 0.15) is 0 Å². The molecule has 1 N–H and O–H groups in total. The number of nitrogens with zero attached hydrogens (tertiary/aromatic N) is 1. The van der Waals surface area contributed by atoms with Crippen LogP contribution in [0.3, 0.4) is 0 Å². The molecule has 0 radical (unpaired) electrons. The van der Waals surface area contributed by atoms with E-state index in [-0.39, 0.29) is 11.9 Å². The van der Waals surface area contributed by atoms with E-state index in [1.54, 1.807) is 11.8 Å². The summed E-state index contributed by atoms with van der Waals surface area (Å²) in [7, 11) is 0. The van der Waals surface area contributed by atoms with E-state index >= 15 is 0 Å². The van der Waals surface area contributed by atoms with E-state index in [2.05, 4.69) is 52.0 Å². The lowest BCUT2D eigenvalue weighted by Crippen LogP contribution is -2.37. The van der Waals surface area contributed by atoms with Gasteiger partial charge in [-0.15, -0.1) is 23.1 Å². The summed E-state index contributed by atoms with van der Waals surface area (Å²) in [6, 6.07) is 21.1. The van der Waals surface area contributed by atoms with Gasteiger partial charge in [-0.2, -0.15) is 0 Å². The molecule has 0 spiro atoms. The zero-order valence-electron chi connectivity index (χ0n) is 15.9. The largest absolute Gasteiger partial charge is 0.325 e. The Labute approximate surface area is 174 Å². The van der Waals surface area contributed by atoms with E-state index in [1.165, 1.54) is 16.0 Å². The minimum atomic E-state index is 0.0735. The highest BCUT2D eigenvalue weighted by molar-refractivity contribution is 7.98. The highest BCUT2D eigenvalue weighted by Gasteiger charge is 2.29. The monoisotopic (exact) mass is 408 g/mol. The number of thiophene rings is 1. The fraction of sp³-hybridized carbons (Fsp3) is 0.261. The second kappa shape index (κ2) is 8.95. The van der Waals surface area contributed by atoms with Crippen LogP contribution in [0.2, 0.25) is 0 Å². The summed E-state index contributed by atoms with van der Waals surface area (Å²) in [4.78, 5) is 17.6. The van der Waals surface area contributed by atoms with Gasteiger partial charge in [-0.1, -0.05) is 42.5 Å². The number of rotatable bonds is 6. The van der Waals surface area contributed by atoms with E-state index in [0.717, 1.165) is 30.1 Å². The maximum Gasteiger partial charge on any atom is 0.225 e. The zero-order chi connectivity index (χ0) is 19.3. The van der Waals surface area contributed by atoms with Gasteiger partial charge >= 0.3 is 0 Å². The molecule has 144 valence electrons. The van der Waals surface area contributed by atoms with Crippen LogP contribution in [0.15, 0.2) is 70.9 Å². The van der Waals surface area contributed by atoms with Gasteiger partial charge in [0, 0.05) is 29.3 Å². The molecule has 1 aliphatic heterocycles. The number of nitrogens with one attached hydrogen (secondary N) is 1. The Morgan fingerprint density at radius 2 is 1.93 bits per heavy atom. The van der Waals surface area contributed by atoms with Crippen LogP contribution in [0.5, 0.6) is 0 Å². The molecule has 1 aromatic heterocycles. The summed E-state index contributed by atoms with van der Waals surface area (Å²) in [5, 5.41) is 5.28. The Kier molecular flexibility index (Phi) is 6.15. The van der Waals surface area contributed by atoms with Gasteiger partial charge in [0.2, 0.25) is 5.91 Å². The van der Waals surface area contributed by atoms with Crippen LogP contribution in [0, 0.1) is 0 Å². The first kappa shape index (κ1) is 19.2. The standard InChI is InChI=1S/C23H24N2OS2/c1-27-21-10-6-5-9-19(21)24-22(26)12-15-25-14-11-20-18(13-16-28-20)23(25)17-7-3-2-4-8-17/h2-10,13,16,23H,11-12,14-15H2,1H3,(H,24,26). The Morgan fingerprint density at radius 1 is 1.14 bits per heavy atom. The molecule has 0 aliphatic carbocycles. The van der Waals surface area contributed by atoms with Crippen LogP contribution < -0.4 is 5.32 Å². The van der Waals surface area contributed by atoms with Crippen molar-refractivity contribution in [2.45, 2.75) is 23.8 Å². The highest BCUT2D eigenvalue weighted by atomic mass is 32.2. The van der Waals surface area contributed by atoms with Crippen molar-refractivity contribution in [3.63, 3.8) is 0 Å². The number of thioether (sulfide) groups is 1. The van der Waals surface area contributed by atoms with Crippen molar-refractivity contribution in [2.24, 2.45) is 0 Å². The van der Waals surface area contributed by atoms with Gasteiger partial charge in [0.05, 0.1) is 11.7 Å². The average Bonchev–Trinajstić information content (AvgIpc) is 3.21. The number of benzene rings is 2. The number of carbonyl (C=O) groups excluding carboxylic acids is 1. The molecular weight excluding hydrogens is 384 g/mol. The summed E-state index contributed by atoms with van der Waals surface area (Å²) in [6.07, 6.45) is 3.58. The quantitative estimate of drug-likeness (QED) is 0.551. The number of hydrogen-bond acceptors (Lipinski definition) is 4. The normalized spacial score (nSPS) is 16.5. The van der Waals surface area contributed by atoms with Crippen molar-refractivity contribution in [2.75, 3.05) is 24.7 Å². The van der Waals surface area contributed by atoms with Crippen molar-refractivity contribution >= 4 is 34.7 Å². The van der Waals surface area contributed by atoms with Gasteiger partial charge < -0.3 is 5.32 Å². The Balaban J connectivity index is 1.47. The maximum absolute atomic E-state index is 12.6. The van der Waals surface area contributed by atoms with Crippen LogP contribution in [-0.4, -0.2) is 30.2 Å². The van der Waals surface area contributed by atoms with Crippen LogP contribution in [0.1, 0.15) is 28.5 Å². The van der Waals surface area contributed by atoms with E-state index in [4.69, 9.17) is 0 Å². The molecular formula is C23H24N2OS2.